The molecule has 0 bridgehead atoms. The number of H-pyrrole nitrogens is 1. The van der Waals surface area contributed by atoms with Crippen molar-refractivity contribution in [3.8, 4) is 0 Å². The zero-order valence-electron chi connectivity index (χ0n) is 11.5. The van der Waals surface area contributed by atoms with E-state index >= 15 is 0 Å². The van der Waals surface area contributed by atoms with Crippen LogP contribution in [-0.4, -0.2) is 53.4 Å². The van der Waals surface area contributed by atoms with E-state index in [0.717, 1.165) is 43.6 Å². The van der Waals surface area contributed by atoms with E-state index in [1.165, 1.54) is 0 Å². The number of hydrogen-bond acceptors (Lipinski definition) is 2. The Morgan fingerprint density at radius 3 is 2.70 bits per heavy atom. The molecule has 1 aromatic heterocycles. The van der Waals surface area contributed by atoms with E-state index in [0.29, 0.717) is 10.7 Å². The Balaban J connectivity index is 1.81. The van der Waals surface area contributed by atoms with Crippen molar-refractivity contribution in [1.82, 2.24) is 14.8 Å². The summed E-state index contributed by atoms with van der Waals surface area (Å²) in [5.41, 5.74) is 1.46. The second-order valence-corrected chi connectivity index (χ2v) is 5.52. The number of piperazine rings is 1. The summed E-state index contributed by atoms with van der Waals surface area (Å²) in [7, 11) is 0. The third kappa shape index (κ3) is 2.41. The SMILES string of the molecule is CCN1CCN(C(=O)c2cc3cccc(Cl)c3[nH]2)CC1. The number of carbonyl (C=O) groups excluding carboxylic acids is 1. The molecule has 1 aromatic carbocycles. The van der Waals surface area contributed by atoms with Crippen molar-refractivity contribution in [3.63, 3.8) is 0 Å². The standard InChI is InChI=1S/C15H18ClN3O/c1-2-18-6-8-19(9-7-18)15(20)13-10-11-4-3-5-12(16)14(11)17-13/h3-5,10,17H,2,6-9H2,1H3. The monoisotopic (exact) mass is 291 g/mol. The van der Waals surface area contributed by atoms with Crippen molar-refractivity contribution < 1.29 is 4.79 Å². The average Bonchev–Trinajstić information content (AvgIpc) is 2.92. The molecular weight excluding hydrogens is 274 g/mol. The van der Waals surface area contributed by atoms with Crippen LogP contribution in [0.1, 0.15) is 17.4 Å². The number of para-hydroxylation sites is 1. The lowest BCUT2D eigenvalue weighted by atomic mass is 10.2. The lowest BCUT2D eigenvalue weighted by Crippen LogP contribution is -2.48. The number of benzene rings is 1. The first-order chi connectivity index (χ1) is 9.69. The number of rotatable bonds is 2. The molecule has 1 aliphatic rings. The molecule has 0 atom stereocenters. The Labute approximate surface area is 123 Å². The van der Waals surface area contributed by atoms with Crippen LogP contribution < -0.4 is 0 Å². The number of likely N-dealkylation sites (N-methyl/N-ethyl adjacent to an activating group) is 1. The molecule has 4 nitrogen and oxygen atoms in total. The van der Waals surface area contributed by atoms with Gasteiger partial charge in [0.05, 0.1) is 10.5 Å². The first-order valence-electron chi connectivity index (χ1n) is 6.98. The minimum atomic E-state index is 0.0630. The van der Waals surface area contributed by atoms with Crippen molar-refractivity contribution in [1.29, 1.82) is 0 Å². The smallest absolute Gasteiger partial charge is 0.270 e. The second kappa shape index (κ2) is 5.46. The highest BCUT2D eigenvalue weighted by Gasteiger charge is 2.22. The van der Waals surface area contributed by atoms with Crippen LogP contribution >= 0.6 is 11.6 Å². The van der Waals surface area contributed by atoms with Gasteiger partial charge in [-0.3, -0.25) is 4.79 Å². The molecule has 1 fully saturated rings. The van der Waals surface area contributed by atoms with Gasteiger partial charge in [-0.1, -0.05) is 30.7 Å². The summed E-state index contributed by atoms with van der Waals surface area (Å²) in [6.07, 6.45) is 0. The molecule has 2 aromatic rings. The molecule has 0 unspecified atom stereocenters. The number of fused-ring (bicyclic) bond motifs is 1. The number of nitrogens with zero attached hydrogens (tertiary/aromatic N) is 2. The van der Waals surface area contributed by atoms with Crippen LogP contribution in [0.15, 0.2) is 24.3 Å². The predicted molar refractivity (Wildman–Crippen MR) is 81.3 cm³/mol. The van der Waals surface area contributed by atoms with Crippen molar-refractivity contribution in [2.75, 3.05) is 32.7 Å². The molecule has 5 heteroatoms. The lowest BCUT2D eigenvalue weighted by Gasteiger charge is -2.33. The summed E-state index contributed by atoms with van der Waals surface area (Å²) in [6.45, 7) is 6.67. The summed E-state index contributed by atoms with van der Waals surface area (Å²) in [6, 6.07) is 7.57. The van der Waals surface area contributed by atoms with E-state index in [-0.39, 0.29) is 5.91 Å². The summed E-state index contributed by atoms with van der Waals surface area (Å²) >= 11 is 6.14. The van der Waals surface area contributed by atoms with Crippen molar-refractivity contribution in [3.05, 3.63) is 35.0 Å². The van der Waals surface area contributed by atoms with Gasteiger partial charge in [0.2, 0.25) is 0 Å². The van der Waals surface area contributed by atoms with Gasteiger partial charge in [-0.2, -0.15) is 0 Å². The fraction of sp³-hybridized carbons (Fsp3) is 0.400. The van der Waals surface area contributed by atoms with Gasteiger partial charge in [0.1, 0.15) is 5.69 Å². The third-order valence-electron chi connectivity index (χ3n) is 3.94. The second-order valence-electron chi connectivity index (χ2n) is 5.11. The molecule has 0 aliphatic carbocycles. The molecule has 20 heavy (non-hydrogen) atoms. The van der Waals surface area contributed by atoms with Crippen LogP contribution in [0, 0.1) is 0 Å². The van der Waals surface area contributed by atoms with Crippen LogP contribution in [0.25, 0.3) is 10.9 Å². The minimum absolute atomic E-state index is 0.0630. The van der Waals surface area contributed by atoms with Crippen LogP contribution in [0.5, 0.6) is 0 Å². The van der Waals surface area contributed by atoms with E-state index < -0.39 is 0 Å². The predicted octanol–water partition coefficient (Wildman–Crippen LogP) is 2.60. The van der Waals surface area contributed by atoms with Gasteiger partial charge in [0, 0.05) is 31.6 Å². The highest BCUT2D eigenvalue weighted by Crippen LogP contribution is 2.24. The molecule has 1 N–H and O–H groups in total. The van der Waals surface area contributed by atoms with Crippen LogP contribution in [0.4, 0.5) is 0 Å². The average molecular weight is 292 g/mol. The molecule has 2 heterocycles. The maximum absolute atomic E-state index is 12.5. The zero-order chi connectivity index (χ0) is 14.1. The van der Waals surface area contributed by atoms with Gasteiger partial charge >= 0.3 is 0 Å². The maximum Gasteiger partial charge on any atom is 0.270 e. The maximum atomic E-state index is 12.5. The van der Waals surface area contributed by atoms with Gasteiger partial charge in [0.15, 0.2) is 0 Å². The van der Waals surface area contributed by atoms with Crippen molar-refractivity contribution >= 4 is 28.4 Å². The fourth-order valence-electron chi connectivity index (χ4n) is 2.67. The highest BCUT2D eigenvalue weighted by atomic mass is 35.5. The van der Waals surface area contributed by atoms with Crippen LogP contribution in [-0.2, 0) is 0 Å². The Kier molecular flexibility index (Phi) is 3.68. The number of aromatic nitrogens is 1. The quantitative estimate of drug-likeness (QED) is 0.924. The number of hydrogen-bond donors (Lipinski definition) is 1. The van der Waals surface area contributed by atoms with E-state index in [4.69, 9.17) is 11.6 Å². The molecule has 0 radical (unpaired) electrons. The molecular formula is C15H18ClN3O. The van der Waals surface area contributed by atoms with Crippen molar-refractivity contribution in [2.24, 2.45) is 0 Å². The Morgan fingerprint density at radius 2 is 2.05 bits per heavy atom. The van der Waals surface area contributed by atoms with E-state index in [9.17, 15) is 4.79 Å². The number of carbonyl (C=O) groups is 1. The largest absolute Gasteiger partial charge is 0.349 e. The number of aromatic amines is 1. The van der Waals surface area contributed by atoms with E-state index in [2.05, 4.69) is 16.8 Å². The summed E-state index contributed by atoms with van der Waals surface area (Å²) in [5, 5.41) is 1.63. The molecule has 1 aliphatic heterocycles. The number of halogens is 1. The summed E-state index contributed by atoms with van der Waals surface area (Å²) < 4.78 is 0. The zero-order valence-corrected chi connectivity index (χ0v) is 12.3. The number of nitrogens with one attached hydrogen (secondary N) is 1. The lowest BCUT2D eigenvalue weighted by molar-refractivity contribution is 0.0638. The molecule has 1 amide bonds. The first-order valence-corrected chi connectivity index (χ1v) is 7.35. The molecule has 0 spiro atoms. The Hall–Kier alpha value is -1.52. The van der Waals surface area contributed by atoms with Gasteiger partial charge in [0.25, 0.3) is 5.91 Å². The fourth-order valence-corrected chi connectivity index (χ4v) is 2.90. The molecule has 3 rings (SSSR count). The molecule has 1 saturated heterocycles. The van der Waals surface area contributed by atoms with E-state index in [1.54, 1.807) is 0 Å². The molecule has 0 saturated carbocycles. The van der Waals surface area contributed by atoms with E-state index in [1.807, 2.05) is 29.2 Å². The Morgan fingerprint density at radius 1 is 1.30 bits per heavy atom. The van der Waals surface area contributed by atoms with Gasteiger partial charge in [-0.05, 0) is 18.7 Å². The van der Waals surface area contributed by atoms with Crippen LogP contribution in [0.3, 0.4) is 0 Å². The topological polar surface area (TPSA) is 39.3 Å². The summed E-state index contributed by atoms with van der Waals surface area (Å²) in [5.74, 6) is 0.0630. The van der Waals surface area contributed by atoms with Crippen molar-refractivity contribution in [2.45, 2.75) is 6.92 Å². The Bertz CT molecular complexity index is 629. The number of amides is 1. The minimum Gasteiger partial charge on any atom is -0.349 e. The summed E-state index contributed by atoms with van der Waals surface area (Å²) in [4.78, 5) is 19.9. The highest BCUT2D eigenvalue weighted by molar-refractivity contribution is 6.35. The van der Waals surface area contributed by atoms with Gasteiger partial charge in [-0.15, -0.1) is 0 Å². The van der Waals surface area contributed by atoms with Crippen LogP contribution in [0.2, 0.25) is 5.02 Å². The first kappa shape index (κ1) is 13.5. The van der Waals surface area contributed by atoms with Gasteiger partial charge in [-0.25, -0.2) is 0 Å². The molecule has 106 valence electrons. The third-order valence-corrected chi connectivity index (χ3v) is 4.26. The normalized spacial score (nSPS) is 16.8. The van der Waals surface area contributed by atoms with Gasteiger partial charge < -0.3 is 14.8 Å².